The maximum atomic E-state index is 13.3. The summed E-state index contributed by atoms with van der Waals surface area (Å²) in [5, 5.41) is 2.94. The zero-order valence-corrected chi connectivity index (χ0v) is 20.3. The molecule has 0 spiro atoms. The molecule has 2 amide bonds. The molecule has 0 bridgehead atoms. The van der Waals surface area contributed by atoms with Gasteiger partial charge in [0.15, 0.2) is 0 Å². The van der Waals surface area contributed by atoms with Crippen LogP contribution >= 0.6 is 0 Å². The van der Waals surface area contributed by atoms with E-state index in [0.29, 0.717) is 18.1 Å². The van der Waals surface area contributed by atoms with E-state index in [1.54, 1.807) is 11.0 Å². The third kappa shape index (κ3) is 5.84. The second kappa shape index (κ2) is 10.8. The second-order valence-corrected chi connectivity index (χ2v) is 8.96. The smallest absolute Gasteiger partial charge is 0.254 e. The molecule has 0 radical (unpaired) electrons. The average Bonchev–Trinajstić information content (AvgIpc) is 3.28. The Morgan fingerprint density at radius 1 is 0.914 bits per heavy atom. The van der Waals surface area contributed by atoms with Crippen molar-refractivity contribution in [3.8, 4) is 16.9 Å². The van der Waals surface area contributed by atoms with Crippen molar-refractivity contribution < 1.29 is 9.59 Å². The molecule has 3 aromatic carbocycles. The molecular formula is C29H30N4O2. The van der Waals surface area contributed by atoms with Gasteiger partial charge in [-0.1, -0.05) is 80.6 Å². The van der Waals surface area contributed by atoms with Gasteiger partial charge < -0.3 is 4.90 Å². The van der Waals surface area contributed by atoms with Crippen LogP contribution in [0.2, 0.25) is 0 Å². The molecule has 0 saturated heterocycles. The number of hydrogen-bond donors (Lipinski definition) is 1. The molecule has 0 saturated carbocycles. The molecule has 178 valence electrons. The fourth-order valence-corrected chi connectivity index (χ4v) is 3.98. The standard InChI is InChI=1S/C29H30N4O2/c1-21(2)18-32(28(35)25-17-11-10-12-22(25)3)20-27(34)31-29-30-26(23-13-6-4-7-14-23)19-33(29)24-15-8-5-9-16-24/h4-17,19,21H,18,20H2,1-3H3,(H,30,31,34). The van der Waals surface area contributed by atoms with Gasteiger partial charge in [-0.2, -0.15) is 0 Å². The topological polar surface area (TPSA) is 67.2 Å². The Morgan fingerprint density at radius 2 is 1.54 bits per heavy atom. The van der Waals surface area contributed by atoms with Gasteiger partial charge in [0.2, 0.25) is 11.9 Å². The number of aryl methyl sites for hydroxylation is 1. The molecule has 4 rings (SSSR count). The van der Waals surface area contributed by atoms with Gasteiger partial charge >= 0.3 is 0 Å². The van der Waals surface area contributed by atoms with Crippen LogP contribution < -0.4 is 5.32 Å². The molecule has 0 fully saturated rings. The van der Waals surface area contributed by atoms with Crippen LogP contribution in [0.25, 0.3) is 16.9 Å². The fourth-order valence-electron chi connectivity index (χ4n) is 3.98. The van der Waals surface area contributed by atoms with Crippen molar-refractivity contribution in [1.29, 1.82) is 0 Å². The highest BCUT2D eigenvalue weighted by molar-refractivity contribution is 6.00. The van der Waals surface area contributed by atoms with Gasteiger partial charge in [0.05, 0.1) is 5.69 Å². The highest BCUT2D eigenvalue weighted by Crippen LogP contribution is 2.24. The van der Waals surface area contributed by atoms with Gasteiger partial charge in [0.25, 0.3) is 5.91 Å². The summed E-state index contributed by atoms with van der Waals surface area (Å²) >= 11 is 0. The Hall–Kier alpha value is -4.19. The third-order valence-corrected chi connectivity index (χ3v) is 5.64. The minimum absolute atomic E-state index is 0.0618. The van der Waals surface area contributed by atoms with E-state index in [9.17, 15) is 9.59 Å². The van der Waals surface area contributed by atoms with E-state index in [4.69, 9.17) is 4.98 Å². The molecule has 6 heteroatoms. The SMILES string of the molecule is Cc1ccccc1C(=O)N(CC(=O)Nc1nc(-c2ccccc2)cn1-c1ccccc1)CC(C)C. The quantitative estimate of drug-likeness (QED) is 0.368. The molecule has 35 heavy (non-hydrogen) atoms. The molecule has 1 N–H and O–H groups in total. The summed E-state index contributed by atoms with van der Waals surface area (Å²) < 4.78 is 1.86. The van der Waals surface area contributed by atoms with Crippen molar-refractivity contribution in [2.24, 2.45) is 5.92 Å². The first-order chi connectivity index (χ1) is 16.9. The van der Waals surface area contributed by atoms with E-state index < -0.39 is 0 Å². The van der Waals surface area contributed by atoms with Crippen LogP contribution in [-0.4, -0.2) is 39.4 Å². The molecule has 0 atom stereocenters. The molecule has 1 heterocycles. The van der Waals surface area contributed by atoms with Crippen molar-refractivity contribution in [2.75, 3.05) is 18.4 Å². The Kier molecular flexibility index (Phi) is 7.41. The number of carbonyl (C=O) groups excluding carboxylic acids is 2. The van der Waals surface area contributed by atoms with Crippen molar-refractivity contribution in [1.82, 2.24) is 14.5 Å². The number of anilines is 1. The third-order valence-electron chi connectivity index (χ3n) is 5.64. The number of rotatable bonds is 8. The molecule has 0 aliphatic carbocycles. The highest BCUT2D eigenvalue weighted by atomic mass is 16.2. The van der Waals surface area contributed by atoms with Crippen LogP contribution in [0, 0.1) is 12.8 Å². The van der Waals surface area contributed by atoms with Crippen LogP contribution in [0.1, 0.15) is 29.8 Å². The van der Waals surface area contributed by atoms with Gasteiger partial charge in [-0.25, -0.2) is 4.98 Å². The van der Waals surface area contributed by atoms with Crippen LogP contribution in [0.3, 0.4) is 0 Å². The summed E-state index contributed by atoms with van der Waals surface area (Å²) in [6.45, 7) is 6.38. The second-order valence-electron chi connectivity index (χ2n) is 8.96. The number of nitrogens with one attached hydrogen (secondary N) is 1. The van der Waals surface area contributed by atoms with Gasteiger partial charge in [0, 0.05) is 29.6 Å². The van der Waals surface area contributed by atoms with Crippen molar-refractivity contribution >= 4 is 17.8 Å². The lowest BCUT2D eigenvalue weighted by Crippen LogP contribution is -2.40. The number of benzene rings is 3. The maximum Gasteiger partial charge on any atom is 0.254 e. The first-order valence-electron chi connectivity index (χ1n) is 11.8. The highest BCUT2D eigenvalue weighted by Gasteiger charge is 2.22. The number of imidazole rings is 1. The lowest BCUT2D eigenvalue weighted by Gasteiger charge is -2.25. The van der Waals surface area contributed by atoms with E-state index in [1.807, 2.05) is 110 Å². The number of hydrogen-bond acceptors (Lipinski definition) is 3. The molecule has 4 aromatic rings. The number of amides is 2. The summed E-state index contributed by atoms with van der Waals surface area (Å²) in [6, 6.07) is 27.0. The van der Waals surface area contributed by atoms with Gasteiger partial charge in [-0.15, -0.1) is 0 Å². The molecule has 0 unspecified atom stereocenters. The van der Waals surface area contributed by atoms with Crippen molar-refractivity contribution in [2.45, 2.75) is 20.8 Å². The van der Waals surface area contributed by atoms with Crippen LogP contribution in [0.15, 0.2) is 91.1 Å². The normalized spacial score (nSPS) is 10.9. The summed E-state index contributed by atoms with van der Waals surface area (Å²) in [5.41, 5.74) is 4.08. The Labute approximate surface area is 206 Å². The predicted octanol–water partition coefficient (Wildman–Crippen LogP) is 5.58. The summed E-state index contributed by atoms with van der Waals surface area (Å²) in [7, 11) is 0. The largest absolute Gasteiger partial charge is 0.329 e. The lowest BCUT2D eigenvalue weighted by molar-refractivity contribution is -0.117. The molecule has 0 aliphatic heterocycles. The first-order valence-corrected chi connectivity index (χ1v) is 11.8. The van der Waals surface area contributed by atoms with Crippen molar-refractivity contribution in [3.63, 3.8) is 0 Å². The van der Waals surface area contributed by atoms with E-state index in [-0.39, 0.29) is 24.3 Å². The Morgan fingerprint density at radius 3 is 2.20 bits per heavy atom. The number of carbonyl (C=O) groups is 2. The van der Waals surface area contributed by atoms with E-state index >= 15 is 0 Å². The molecule has 1 aromatic heterocycles. The lowest BCUT2D eigenvalue weighted by atomic mass is 10.1. The van der Waals surface area contributed by atoms with E-state index in [0.717, 1.165) is 22.5 Å². The Bertz CT molecular complexity index is 1300. The molecular weight excluding hydrogens is 436 g/mol. The number of aromatic nitrogens is 2. The van der Waals surface area contributed by atoms with E-state index in [2.05, 4.69) is 5.32 Å². The van der Waals surface area contributed by atoms with E-state index in [1.165, 1.54) is 0 Å². The summed E-state index contributed by atoms with van der Waals surface area (Å²) in [6.07, 6.45) is 1.91. The van der Waals surface area contributed by atoms with Gasteiger partial charge in [0.1, 0.15) is 6.54 Å². The van der Waals surface area contributed by atoms with Crippen molar-refractivity contribution in [3.05, 3.63) is 102 Å². The van der Waals surface area contributed by atoms with Crippen LogP contribution in [-0.2, 0) is 4.79 Å². The minimum atomic E-state index is -0.296. The van der Waals surface area contributed by atoms with Gasteiger partial charge in [-0.05, 0) is 36.6 Å². The zero-order chi connectivity index (χ0) is 24.8. The molecule has 6 nitrogen and oxygen atoms in total. The summed E-state index contributed by atoms with van der Waals surface area (Å²) in [5.74, 6) is 0.179. The maximum absolute atomic E-state index is 13.3. The average molecular weight is 467 g/mol. The van der Waals surface area contributed by atoms with Crippen LogP contribution in [0.5, 0.6) is 0 Å². The number of nitrogens with zero attached hydrogens (tertiary/aromatic N) is 3. The van der Waals surface area contributed by atoms with Crippen LogP contribution in [0.4, 0.5) is 5.95 Å². The van der Waals surface area contributed by atoms with Gasteiger partial charge in [-0.3, -0.25) is 19.5 Å². The monoisotopic (exact) mass is 466 g/mol. The first kappa shape index (κ1) is 24.0. The molecule has 0 aliphatic rings. The Balaban J connectivity index is 1.61. The predicted molar refractivity (Wildman–Crippen MR) is 140 cm³/mol. The fraction of sp³-hybridized carbons (Fsp3) is 0.207. The minimum Gasteiger partial charge on any atom is -0.329 e. The zero-order valence-electron chi connectivity index (χ0n) is 20.3. The number of para-hydroxylation sites is 1. The summed E-state index contributed by atoms with van der Waals surface area (Å²) in [4.78, 5) is 32.8.